The molecule has 3 fully saturated rings. The molecule has 0 saturated heterocycles. The van der Waals surface area contributed by atoms with Crippen molar-refractivity contribution < 1.29 is 9.90 Å². The van der Waals surface area contributed by atoms with E-state index in [2.05, 4.69) is 41.5 Å². The number of fused-ring (bicyclic) bond motifs is 5. The van der Waals surface area contributed by atoms with Crippen LogP contribution in [0.3, 0.4) is 0 Å². The van der Waals surface area contributed by atoms with Gasteiger partial charge in [-0.3, -0.25) is 4.79 Å². The van der Waals surface area contributed by atoms with Crippen molar-refractivity contribution in [3.05, 3.63) is 11.6 Å². The van der Waals surface area contributed by atoms with Crippen LogP contribution in [0.5, 0.6) is 0 Å². The van der Waals surface area contributed by atoms with Crippen molar-refractivity contribution in [1.29, 1.82) is 0 Å². The lowest BCUT2D eigenvalue weighted by Crippen LogP contribution is -2.55. The van der Waals surface area contributed by atoms with Gasteiger partial charge >= 0.3 is 0 Å². The Morgan fingerprint density at radius 1 is 1.03 bits per heavy atom. The van der Waals surface area contributed by atoms with E-state index < -0.39 is 0 Å². The van der Waals surface area contributed by atoms with E-state index in [9.17, 15) is 9.90 Å². The number of ketones is 1. The van der Waals surface area contributed by atoms with Crippen molar-refractivity contribution in [3.63, 3.8) is 0 Å². The molecular weight excluding hydrogens is 392 g/mol. The molecule has 182 valence electrons. The van der Waals surface area contributed by atoms with E-state index in [-0.39, 0.29) is 11.5 Å². The van der Waals surface area contributed by atoms with E-state index in [1.165, 1.54) is 44.1 Å². The normalized spacial score (nSPS) is 42.4. The molecule has 0 aromatic rings. The van der Waals surface area contributed by atoms with Crippen LogP contribution < -0.4 is 0 Å². The van der Waals surface area contributed by atoms with Crippen LogP contribution in [0, 0.1) is 52.3 Å². The minimum Gasteiger partial charge on any atom is -0.393 e. The Bertz CT molecular complexity index is 722. The van der Waals surface area contributed by atoms with Gasteiger partial charge in [0, 0.05) is 6.42 Å². The van der Waals surface area contributed by atoms with Crippen molar-refractivity contribution in [1.82, 2.24) is 0 Å². The van der Waals surface area contributed by atoms with E-state index in [0.717, 1.165) is 55.8 Å². The van der Waals surface area contributed by atoms with Crippen LogP contribution in [0.4, 0.5) is 0 Å². The Morgan fingerprint density at radius 3 is 2.47 bits per heavy atom. The molecule has 2 nitrogen and oxygen atoms in total. The highest BCUT2D eigenvalue weighted by molar-refractivity contribution is 5.91. The van der Waals surface area contributed by atoms with Crippen molar-refractivity contribution in [2.45, 2.75) is 118 Å². The summed E-state index contributed by atoms with van der Waals surface area (Å²) in [5.41, 5.74) is 2.19. The third-order valence-corrected chi connectivity index (χ3v) is 11.4. The van der Waals surface area contributed by atoms with Gasteiger partial charge in [-0.1, -0.05) is 60.0 Å². The Kier molecular flexibility index (Phi) is 7.04. The highest BCUT2D eigenvalue weighted by atomic mass is 16.3. The lowest BCUT2D eigenvalue weighted by atomic mass is 9.42. The van der Waals surface area contributed by atoms with Crippen LogP contribution in [0.2, 0.25) is 0 Å². The molecule has 1 N–H and O–H groups in total. The first-order valence-electron chi connectivity index (χ1n) is 14.0. The summed E-state index contributed by atoms with van der Waals surface area (Å²) >= 11 is 0. The average Bonchev–Trinajstić information content (AvgIpc) is 2.73. The highest BCUT2D eigenvalue weighted by Gasteiger charge is 2.58. The molecule has 3 unspecified atom stereocenters. The molecule has 0 spiro atoms. The number of hydrogen-bond donors (Lipinski definition) is 1. The monoisotopic (exact) mass is 442 g/mol. The predicted molar refractivity (Wildman–Crippen MR) is 133 cm³/mol. The molecule has 0 amide bonds. The van der Waals surface area contributed by atoms with Gasteiger partial charge in [0.1, 0.15) is 0 Å². The quantitative estimate of drug-likeness (QED) is 0.460. The number of hydrogen-bond acceptors (Lipinski definition) is 2. The maximum absolute atomic E-state index is 12.1. The summed E-state index contributed by atoms with van der Waals surface area (Å²) in [6, 6.07) is 0. The summed E-state index contributed by atoms with van der Waals surface area (Å²) in [7, 11) is 0. The maximum Gasteiger partial charge on any atom is 0.155 e. The molecule has 4 rings (SSSR count). The van der Waals surface area contributed by atoms with Crippen LogP contribution in [0.15, 0.2) is 11.6 Å². The standard InChI is InChI=1S/C30H50O2/c1-7-23(19(2)3)28(32)17-20(4)25-9-8-10-26-24-12-11-21-18-22(31)13-15-29(21,5)27(24)14-16-30(25,26)6/h18-20,23-28,32H,7-17H2,1-6H3/t20-,23+,24?,25-,26?,27?,28-,29+,30-/m1/s1. The maximum atomic E-state index is 12.1. The third-order valence-electron chi connectivity index (χ3n) is 11.4. The van der Waals surface area contributed by atoms with Crippen LogP contribution >= 0.6 is 0 Å². The number of allylic oxidation sites excluding steroid dienone is 2. The Morgan fingerprint density at radius 2 is 1.78 bits per heavy atom. The zero-order chi connectivity index (χ0) is 23.3. The van der Waals surface area contributed by atoms with Crippen molar-refractivity contribution >= 4 is 5.78 Å². The van der Waals surface area contributed by atoms with Gasteiger partial charge in [-0.25, -0.2) is 0 Å². The largest absolute Gasteiger partial charge is 0.393 e. The Labute approximate surface area is 198 Å². The van der Waals surface area contributed by atoms with E-state index in [1.54, 1.807) is 0 Å². The molecule has 32 heavy (non-hydrogen) atoms. The molecule has 4 aliphatic carbocycles. The van der Waals surface area contributed by atoms with Crippen molar-refractivity contribution in [2.75, 3.05) is 0 Å². The van der Waals surface area contributed by atoms with Gasteiger partial charge in [0.15, 0.2) is 5.78 Å². The van der Waals surface area contributed by atoms with Gasteiger partial charge in [0.25, 0.3) is 0 Å². The summed E-state index contributed by atoms with van der Waals surface area (Å²) in [5, 5.41) is 11.1. The zero-order valence-electron chi connectivity index (χ0n) is 21.8. The summed E-state index contributed by atoms with van der Waals surface area (Å²) in [6.07, 6.45) is 15.1. The van der Waals surface area contributed by atoms with Gasteiger partial charge in [-0.15, -0.1) is 0 Å². The number of rotatable bonds is 6. The van der Waals surface area contributed by atoms with Crippen LogP contribution in [-0.4, -0.2) is 17.0 Å². The number of carbonyl (C=O) groups is 1. The molecule has 9 atom stereocenters. The molecule has 0 heterocycles. The fourth-order valence-corrected chi connectivity index (χ4v) is 9.64. The second-order valence-electron chi connectivity index (χ2n) is 13.1. The lowest BCUT2D eigenvalue weighted by molar-refractivity contribution is -0.125. The highest BCUT2D eigenvalue weighted by Crippen LogP contribution is 2.66. The van der Waals surface area contributed by atoms with Crippen LogP contribution in [0.25, 0.3) is 0 Å². The van der Waals surface area contributed by atoms with E-state index in [1.807, 2.05) is 6.08 Å². The minimum absolute atomic E-state index is 0.156. The Hall–Kier alpha value is -0.630. The minimum atomic E-state index is -0.156. The molecule has 2 heteroatoms. The second-order valence-corrected chi connectivity index (χ2v) is 13.1. The summed E-state index contributed by atoms with van der Waals surface area (Å²) < 4.78 is 0. The molecule has 0 aliphatic heterocycles. The first-order chi connectivity index (χ1) is 15.1. The topological polar surface area (TPSA) is 37.3 Å². The molecule has 0 bridgehead atoms. The molecule has 0 aromatic heterocycles. The van der Waals surface area contributed by atoms with Gasteiger partial charge in [-0.05, 0) is 110 Å². The van der Waals surface area contributed by atoms with Crippen LogP contribution in [-0.2, 0) is 4.79 Å². The van der Waals surface area contributed by atoms with E-state index >= 15 is 0 Å². The van der Waals surface area contributed by atoms with Gasteiger partial charge in [0.05, 0.1) is 6.10 Å². The smallest absolute Gasteiger partial charge is 0.155 e. The van der Waals surface area contributed by atoms with Crippen molar-refractivity contribution in [3.8, 4) is 0 Å². The molecule has 3 saturated carbocycles. The predicted octanol–water partition coefficient (Wildman–Crippen LogP) is 7.59. The Balaban J connectivity index is 1.53. The lowest BCUT2D eigenvalue weighted by Gasteiger charge is -2.63. The van der Waals surface area contributed by atoms with Crippen molar-refractivity contribution in [2.24, 2.45) is 52.3 Å². The summed E-state index contributed by atoms with van der Waals surface area (Å²) in [4.78, 5) is 12.1. The average molecular weight is 443 g/mol. The molecule has 0 radical (unpaired) electrons. The van der Waals surface area contributed by atoms with Gasteiger partial charge < -0.3 is 5.11 Å². The number of aliphatic hydroxyl groups excluding tert-OH is 1. The molecular formula is C30H50O2. The number of aliphatic hydroxyl groups is 1. The first kappa shape index (κ1) is 24.5. The summed E-state index contributed by atoms with van der Waals surface area (Å²) in [5.74, 6) is 5.15. The number of carbonyl (C=O) groups excluding carboxylic acids is 1. The summed E-state index contributed by atoms with van der Waals surface area (Å²) in [6.45, 7) is 14.4. The second kappa shape index (κ2) is 9.20. The van der Waals surface area contributed by atoms with Crippen LogP contribution in [0.1, 0.15) is 112 Å². The first-order valence-corrected chi connectivity index (χ1v) is 14.0. The molecule has 4 aliphatic rings. The van der Waals surface area contributed by atoms with E-state index in [4.69, 9.17) is 0 Å². The molecule has 0 aromatic carbocycles. The fourth-order valence-electron chi connectivity index (χ4n) is 9.64. The van der Waals surface area contributed by atoms with E-state index in [0.29, 0.717) is 29.0 Å². The fraction of sp³-hybridized carbons (Fsp3) is 0.900. The SMILES string of the molecule is CC[C@@H](C(C)C)[C@H](O)C[C@@H](C)[C@H]1CCCC2C3CCC4=CC(=O)CC[C@]4(C)C3CC[C@@]21C. The third kappa shape index (κ3) is 4.05. The van der Waals surface area contributed by atoms with Gasteiger partial charge in [0.2, 0.25) is 0 Å². The zero-order valence-corrected chi connectivity index (χ0v) is 21.8. The van der Waals surface area contributed by atoms with Gasteiger partial charge in [-0.2, -0.15) is 0 Å².